The van der Waals surface area contributed by atoms with Gasteiger partial charge in [-0.1, -0.05) is 12.1 Å². The zero-order valence-electron chi connectivity index (χ0n) is 19.2. The predicted octanol–water partition coefficient (Wildman–Crippen LogP) is 2.34. The first-order valence-corrected chi connectivity index (χ1v) is 12.7. The fourth-order valence-electron chi connectivity index (χ4n) is 4.75. The molecule has 37 heavy (non-hydrogen) atoms. The van der Waals surface area contributed by atoms with Gasteiger partial charge in [0.1, 0.15) is 11.9 Å². The number of hydrogen-bond acceptors (Lipinski definition) is 12. The Labute approximate surface area is 207 Å². The molecule has 0 unspecified atom stereocenters. The molecular formula is C21H21FN5O9P. The molecule has 6 atom stereocenters. The second-order valence-corrected chi connectivity index (χ2v) is 10.5. The number of nitrogens with one attached hydrogen (secondary N) is 1. The Morgan fingerprint density at radius 1 is 1.38 bits per heavy atom. The molecule has 0 saturated carbocycles. The van der Waals surface area contributed by atoms with E-state index in [4.69, 9.17) is 33.5 Å². The van der Waals surface area contributed by atoms with E-state index in [1.54, 1.807) is 13.0 Å². The van der Waals surface area contributed by atoms with Crippen LogP contribution in [0.5, 0.6) is 0 Å². The first-order valence-electron chi connectivity index (χ1n) is 11.3. The maximum atomic E-state index is 13.7. The Hall–Kier alpha value is -3.36. The summed E-state index contributed by atoms with van der Waals surface area (Å²) in [5.41, 5.74) is 4.33. The number of ether oxygens (including phenoxy) is 3. The Bertz CT molecular complexity index is 1500. The third-order valence-corrected chi connectivity index (χ3v) is 7.91. The number of halogens is 1. The molecule has 0 spiro atoms. The smallest absolute Gasteiger partial charge is 0.424 e. The van der Waals surface area contributed by atoms with Crippen LogP contribution < -0.4 is 11.3 Å². The van der Waals surface area contributed by atoms with Crippen LogP contribution in [-0.4, -0.2) is 56.7 Å². The maximum Gasteiger partial charge on any atom is 0.509 e. The highest BCUT2D eigenvalue weighted by Gasteiger charge is 2.64. The normalized spacial score (nSPS) is 33.3. The summed E-state index contributed by atoms with van der Waals surface area (Å²) in [5.74, 6) is -0.600. The number of hydrogen-bond donors (Lipinski definition) is 2. The molecule has 16 heteroatoms. The topological polar surface area (TPSA) is 179 Å². The van der Waals surface area contributed by atoms with Crippen LogP contribution in [0.4, 0.5) is 15.1 Å². The number of carbonyl (C=O) groups is 1. The summed E-state index contributed by atoms with van der Waals surface area (Å²) < 4.78 is 61.6. The highest BCUT2D eigenvalue weighted by Crippen LogP contribution is 2.58. The van der Waals surface area contributed by atoms with E-state index in [-0.39, 0.29) is 30.3 Å². The SMILES string of the molecule is C[C@@]12OC(=O)O[C@@H]1[C@@H](CO[P@@]1(=O)OCC[C@@H](c3cccc(F)c3)O1)O[C@H]2n1cnc2c(=O)[nH]c(N)nc21. The molecule has 6 rings (SSSR count). The van der Waals surface area contributed by atoms with Gasteiger partial charge in [-0.25, -0.2) is 18.7 Å². The van der Waals surface area contributed by atoms with E-state index in [0.29, 0.717) is 12.0 Å². The zero-order chi connectivity index (χ0) is 25.9. The first kappa shape index (κ1) is 24.0. The minimum atomic E-state index is -4.09. The van der Waals surface area contributed by atoms with E-state index in [1.165, 1.54) is 29.1 Å². The minimum absolute atomic E-state index is 0.000255. The number of phosphoric ester groups is 1. The van der Waals surface area contributed by atoms with Crippen molar-refractivity contribution in [1.29, 1.82) is 0 Å². The largest absolute Gasteiger partial charge is 0.509 e. The van der Waals surface area contributed by atoms with E-state index >= 15 is 0 Å². The number of imidazole rings is 1. The monoisotopic (exact) mass is 537 g/mol. The number of anilines is 1. The van der Waals surface area contributed by atoms with Crippen molar-refractivity contribution in [3.8, 4) is 0 Å². The van der Waals surface area contributed by atoms with E-state index in [0.717, 1.165) is 0 Å². The maximum absolute atomic E-state index is 13.7. The molecule has 196 valence electrons. The van der Waals surface area contributed by atoms with E-state index in [1.807, 2.05) is 0 Å². The van der Waals surface area contributed by atoms with Gasteiger partial charge in [-0.05, 0) is 24.6 Å². The molecular weight excluding hydrogens is 516 g/mol. The predicted molar refractivity (Wildman–Crippen MR) is 121 cm³/mol. The molecule has 3 saturated heterocycles. The molecule has 0 radical (unpaired) electrons. The number of nitrogen functional groups attached to an aromatic ring is 1. The molecule has 14 nitrogen and oxygen atoms in total. The van der Waals surface area contributed by atoms with E-state index in [9.17, 15) is 18.5 Å². The first-order chi connectivity index (χ1) is 17.6. The molecule has 0 bridgehead atoms. The molecule has 0 aliphatic carbocycles. The Morgan fingerprint density at radius 2 is 2.22 bits per heavy atom. The number of H-pyrrole nitrogens is 1. The third kappa shape index (κ3) is 4.08. The number of aromatic nitrogens is 4. The third-order valence-electron chi connectivity index (χ3n) is 6.43. The summed E-state index contributed by atoms with van der Waals surface area (Å²) in [4.78, 5) is 34.9. The van der Waals surface area contributed by atoms with Crippen molar-refractivity contribution in [1.82, 2.24) is 19.5 Å². The van der Waals surface area contributed by atoms with Gasteiger partial charge in [-0.3, -0.25) is 27.9 Å². The second kappa shape index (κ2) is 8.60. The summed E-state index contributed by atoms with van der Waals surface area (Å²) in [6, 6.07) is 5.74. The summed E-state index contributed by atoms with van der Waals surface area (Å²) in [6.07, 6.45) is -3.03. The van der Waals surface area contributed by atoms with Crippen LogP contribution in [0, 0.1) is 5.82 Å². The van der Waals surface area contributed by atoms with Gasteiger partial charge in [-0.2, -0.15) is 4.98 Å². The van der Waals surface area contributed by atoms with E-state index < -0.39 is 55.5 Å². The van der Waals surface area contributed by atoms with Crippen molar-refractivity contribution in [3.05, 3.63) is 52.3 Å². The van der Waals surface area contributed by atoms with Crippen LogP contribution in [0.25, 0.3) is 11.2 Å². The van der Waals surface area contributed by atoms with Crippen LogP contribution in [0.1, 0.15) is 31.2 Å². The van der Waals surface area contributed by atoms with Crippen molar-refractivity contribution < 1.29 is 41.5 Å². The lowest BCUT2D eigenvalue weighted by Gasteiger charge is -2.29. The van der Waals surface area contributed by atoms with Crippen molar-refractivity contribution in [2.45, 2.75) is 43.5 Å². The molecule has 0 amide bonds. The number of fused-ring (bicyclic) bond motifs is 2. The number of benzene rings is 1. The average Bonchev–Trinajstić information content (AvgIpc) is 3.47. The van der Waals surface area contributed by atoms with Gasteiger partial charge >= 0.3 is 14.0 Å². The average molecular weight is 537 g/mol. The van der Waals surface area contributed by atoms with Gasteiger partial charge in [-0.15, -0.1) is 0 Å². The number of phosphoric acid groups is 1. The molecule has 3 N–H and O–H groups in total. The van der Waals surface area contributed by atoms with Crippen LogP contribution in [0.3, 0.4) is 0 Å². The summed E-state index contributed by atoms with van der Waals surface area (Å²) in [7, 11) is -4.09. The standard InChI is InChI=1S/C21H21FN5O9P/c1-21-15(34-20(29)35-21)13(33-18(21)27-9-24-14-16(27)25-19(23)26-17(14)28)8-32-37(30)31-6-5-12(36-37)10-3-2-4-11(22)7-10/h2-4,7,9,12-13,15,18H,5-6,8H2,1H3,(H3,23,25,26,28)/t12-,13+,15+,18+,21+,37+/m0/s1. The molecule has 3 aliphatic heterocycles. The fourth-order valence-corrected chi connectivity index (χ4v) is 6.14. The Kier molecular flexibility index (Phi) is 5.58. The number of nitrogens with two attached hydrogens (primary N) is 1. The minimum Gasteiger partial charge on any atom is -0.424 e. The highest BCUT2D eigenvalue weighted by molar-refractivity contribution is 7.48. The Balaban J connectivity index is 1.24. The van der Waals surface area contributed by atoms with Crippen LogP contribution in [0.2, 0.25) is 0 Å². The number of carbonyl (C=O) groups excluding carboxylic acids is 1. The Morgan fingerprint density at radius 3 is 3.03 bits per heavy atom. The lowest BCUT2D eigenvalue weighted by atomic mass is 9.96. The van der Waals surface area contributed by atoms with Crippen molar-refractivity contribution in [2.75, 3.05) is 18.9 Å². The van der Waals surface area contributed by atoms with Crippen LogP contribution in [-0.2, 0) is 32.3 Å². The lowest BCUT2D eigenvalue weighted by Crippen LogP contribution is -2.42. The summed E-state index contributed by atoms with van der Waals surface area (Å²) in [5, 5.41) is 0. The van der Waals surface area contributed by atoms with Crippen molar-refractivity contribution in [2.24, 2.45) is 0 Å². The van der Waals surface area contributed by atoms with Gasteiger partial charge in [0.15, 0.2) is 29.1 Å². The lowest BCUT2D eigenvalue weighted by molar-refractivity contribution is -0.0925. The quantitative estimate of drug-likeness (QED) is 0.359. The van der Waals surface area contributed by atoms with E-state index in [2.05, 4.69) is 15.0 Å². The van der Waals surface area contributed by atoms with Crippen LogP contribution >= 0.6 is 7.82 Å². The number of aromatic amines is 1. The molecule has 3 aromatic rings. The molecule has 3 fully saturated rings. The fraction of sp³-hybridized carbons (Fsp3) is 0.429. The highest BCUT2D eigenvalue weighted by atomic mass is 31.2. The molecule has 5 heterocycles. The van der Waals surface area contributed by atoms with Gasteiger partial charge in [0.25, 0.3) is 5.56 Å². The van der Waals surface area contributed by atoms with Gasteiger partial charge in [0.2, 0.25) is 5.95 Å². The zero-order valence-corrected chi connectivity index (χ0v) is 20.1. The van der Waals surface area contributed by atoms with Crippen molar-refractivity contribution in [3.63, 3.8) is 0 Å². The molecule has 1 aromatic carbocycles. The molecule has 2 aromatic heterocycles. The summed E-state index contributed by atoms with van der Waals surface area (Å²) in [6.45, 7) is 1.25. The molecule has 3 aliphatic rings. The number of nitrogens with zero attached hydrogens (tertiary/aromatic N) is 3. The number of rotatable bonds is 5. The van der Waals surface area contributed by atoms with Gasteiger partial charge < -0.3 is 19.9 Å². The summed E-state index contributed by atoms with van der Waals surface area (Å²) >= 11 is 0. The second-order valence-electron chi connectivity index (χ2n) is 8.89. The van der Waals surface area contributed by atoms with Gasteiger partial charge in [0.05, 0.1) is 25.6 Å². The van der Waals surface area contributed by atoms with Crippen molar-refractivity contribution >= 4 is 31.1 Å². The van der Waals surface area contributed by atoms with Crippen LogP contribution in [0.15, 0.2) is 35.4 Å². The van der Waals surface area contributed by atoms with Gasteiger partial charge in [0, 0.05) is 6.42 Å².